The molecular weight excluding hydrogens is 630 g/mol. The Kier molecular flexibility index (Phi) is 9.31. The van der Waals surface area contributed by atoms with Gasteiger partial charge in [-0.1, -0.05) is 49.2 Å². The average Bonchev–Trinajstić information content (AvgIpc) is 3.69. The third-order valence-corrected chi connectivity index (χ3v) is 11.5. The number of thiophene rings is 1. The number of halogens is 1. The second-order valence-corrected chi connectivity index (χ2v) is 15.2. The number of carbonyl (C=O) groups excluding carboxylic acids is 3. The molecule has 13 heteroatoms. The van der Waals surface area contributed by atoms with Gasteiger partial charge in [0, 0.05) is 29.7 Å². The first kappa shape index (κ1) is 32.3. The van der Waals surface area contributed by atoms with Crippen molar-refractivity contribution >= 4 is 46.7 Å². The van der Waals surface area contributed by atoms with Crippen molar-refractivity contribution in [1.82, 2.24) is 15.1 Å². The van der Waals surface area contributed by atoms with E-state index < -0.39 is 31.5 Å². The summed E-state index contributed by atoms with van der Waals surface area (Å²) < 4.78 is 26.3. The highest BCUT2D eigenvalue weighted by atomic mass is 32.1. The molecule has 1 aromatic heterocycles. The molecular formula is C33H36FN4O6PS. The number of nitriles is 1. The van der Waals surface area contributed by atoms with E-state index in [0.29, 0.717) is 36.0 Å². The number of rotatable bonds is 6. The lowest BCUT2D eigenvalue weighted by Crippen LogP contribution is -2.61. The van der Waals surface area contributed by atoms with Gasteiger partial charge >= 0.3 is 7.60 Å². The second kappa shape index (κ2) is 13.2. The summed E-state index contributed by atoms with van der Waals surface area (Å²) in [6.45, 7) is 0.721. The number of amides is 3. The molecule has 6 rings (SSSR count). The van der Waals surface area contributed by atoms with Gasteiger partial charge in [0.15, 0.2) is 0 Å². The summed E-state index contributed by atoms with van der Waals surface area (Å²) in [4.78, 5) is 63.9. The Bertz CT molecular complexity index is 1720. The molecule has 3 aliphatic heterocycles. The summed E-state index contributed by atoms with van der Waals surface area (Å²) in [5, 5.41) is 13.3. The Balaban J connectivity index is 1.20. The van der Waals surface area contributed by atoms with Gasteiger partial charge in [-0.05, 0) is 66.8 Å². The lowest BCUT2D eigenvalue weighted by Gasteiger charge is -2.45. The number of fused-ring (bicyclic) bond motifs is 2. The zero-order valence-corrected chi connectivity index (χ0v) is 26.8. The van der Waals surface area contributed by atoms with Gasteiger partial charge < -0.3 is 24.9 Å². The van der Waals surface area contributed by atoms with Crippen LogP contribution < -0.4 is 5.32 Å². The summed E-state index contributed by atoms with van der Waals surface area (Å²) >= 11 is 1.14. The Labute approximate surface area is 270 Å². The molecule has 3 aromatic rings. The number of likely N-dealkylation sites (tertiary alicyclic amines) is 1. The molecule has 0 saturated carbocycles. The van der Waals surface area contributed by atoms with Crippen LogP contribution in [0.5, 0.6) is 0 Å². The standard InChI is InChI=1S/C33H36FN4O6PS/c34-30(45(42,43)44)21-13-14-28-22(15-21)16-29(46-28)31(39)36-26-11-5-4-9-24-10-6-12-27(38(24)32(26)40)33(41)37-18-23(17-35)25(19-37)20-7-2-1-3-8-20/h1-3,7-8,13-16,23-27,30H,4-6,9-12,18-19H2,(H,36,39)(H2,42,43,44)/t23-,24-,25+,26-,27-,30?/m0/s1. The fourth-order valence-electron chi connectivity index (χ4n) is 7.21. The van der Waals surface area contributed by atoms with E-state index in [9.17, 15) is 38.4 Å². The van der Waals surface area contributed by atoms with Gasteiger partial charge in [-0.3, -0.25) is 18.9 Å². The molecule has 3 fully saturated rings. The first-order chi connectivity index (χ1) is 22.0. The summed E-state index contributed by atoms with van der Waals surface area (Å²) in [5.41, 5.74) is 0.835. The van der Waals surface area contributed by atoms with E-state index in [1.807, 2.05) is 30.3 Å². The molecule has 0 spiro atoms. The van der Waals surface area contributed by atoms with Crippen LogP contribution in [0.3, 0.4) is 0 Å². The molecule has 0 aliphatic carbocycles. The van der Waals surface area contributed by atoms with Crippen molar-refractivity contribution < 1.29 is 33.1 Å². The van der Waals surface area contributed by atoms with Crippen LogP contribution in [0, 0.1) is 17.2 Å². The SMILES string of the molecule is N#C[C@H]1CN(C(=O)[C@@H]2CCC[C@@H]3CCCC[C@H](NC(=O)c4cc5cc(C(F)P(=O)(O)O)ccc5s4)C(=O)N32)C[C@@H]1c1ccccc1. The molecule has 3 amide bonds. The summed E-state index contributed by atoms with van der Waals surface area (Å²) in [7, 11) is -4.99. The second-order valence-electron chi connectivity index (χ2n) is 12.5. The van der Waals surface area contributed by atoms with E-state index >= 15 is 0 Å². The Hall–Kier alpha value is -3.62. The van der Waals surface area contributed by atoms with Crippen molar-refractivity contribution in [3.8, 4) is 6.07 Å². The third kappa shape index (κ3) is 6.47. The van der Waals surface area contributed by atoms with Gasteiger partial charge in [0.2, 0.25) is 17.7 Å². The average molecular weight is 667 g/mol. The minimum absolute atomic E-state index is 0.102. The lowest BCUT2D eigenvalue weighted by atomic mass is 9.88. The number of nitrogens with zero attached hydrogens (tertiary/aromatic N) is 3. The highest BCUT2D eigenvalue weighted by molar-refractivity contribution is 7.51. The predicted octanol–water partition coefficient (Wildman–Crippen LogP) is 5.23. The van der Waals surface area contributed by atoms with Gasteiger partial charge in [0.25, 0.3) is 5.91 Å². The van der Waals surface area contributed by atoms with Crippen molar-refractivity contribution in [2.45, 2.75) is 74.9 Å². The molecule has 0 radical (unpaired) electrons. The summed E-state index contributed by atoms with van der Waals surface area (Å²) in [6.07, 6.45) is 4.92. The van der Waals surface area contributed by atoms with E-state index in [4.69, 9.17) is 0 Å². The number of piperidine rings is 1. The predicted molar refractivity (Wildman–Crippen MR) is 171 cm³/mol. The maximum Gasteiger partial charge on any atom is 0.363 e. The van der Waals surface area contributed by atoms with Crippen LogP contribution in [-0.2, 0) is 14.2 Å². The Morgan fingerprint density at radius 3 is 2.50 bits per heavy atom. The molecule has 4 heterocycles. The third-order valence-electron chi connectivity index (χ3n) is 9.53. The highest BCUT2D eigenvalue weighted by Crippen LogP contribution is 2.53. The van der Waals surface area contributed by atoms with Crippen LogP contribution in [0.25, 0.3) is 10.1 Å². The minimum Gasteiger partial charge on any atom is -0.340 e. The highest BCUT2D eigenvalue weighted by Gasteiger charge is 2.46. The Morgan fingerprint density at radius 2 is 1.76 bits per heavy atom. The fraction of sp³-hybridized carbons (Fsp3) is 0.455. The summed E-state index contributed by atoms with van der Waals surface area (Å²) in [6, 6.07) is 16.1. The number of benzene rings is 2. The first-order valence-electron chi connectivity index (χ1n) is 15.6. The molecule has 242 valence electrons. The van der Waals surface area contributed by atoms with Crippen molar-refractivity contribution in [3.05, 3.63) is 70.6 Å². The van der Waals surface area contributed by atoms with Gasteiger partial charge in [0.05, 0.1) is 16.9 Å². The molecule has 2 aromatic carbocycles. The number of hydrogen-bond donors (Lipinski definition) is 3. The zero-order valence-electron chi connectivity index (χ0n) is 25.1. The number of nitrogens with one attached hydrogen (secondary N) is 1. The van der Waals surface area contributed by atoms with Gasteiger partial charge in [-0.2, -0.15) is 5.26 Å². The molecule has 6 atom stereocenters. The molecule has 0 bridgehead atoms. The normalized spacial score (nSPS) is 26.1. The fourth-order valence-corrected chi connectivity index (χ4v) is 8.71. The van der Waals surface area contributed by atoms with Crippen LogP contribution in [-0.4, -0.2) is 68.5 Å². The van der Waals surface area contributed by atoms with Crippen molar-refractivity contribution in [2.24, 2.45) is 5.92 Å². The maximum absolute atomic E-state index is 14.3. The zero-order chi connectivity index (χ0) is 32.6. The van der Waals surface area contributed by atoms with Crippen LogP contribution >= 0.6 is 18.9 Å². The molecule has 46 heavy (non-hydrogen) atoms. The maximum atomic E-state index is 14.3. The van der Waals surface area contributed by atoms with E-state index in [2.05, 4.69) is 11.4 Å². The van der Waals surface area contributed by atoms with Crippen LogP contribution in [0.15, 0.2) is 54.6 Å². The van der Waals surface area contributed by atoms with Gasteiger partial charge in [-0.15, -0.1) is 11.3 Å². The minimum atomic E-state index is -4.99. The number of hydrogen-bond acceptors (Lipinski definition) is 6. The largest absolute Gasteiger partial charge is 0.363 e. The van der Waals surface area contributed by atoms with E-state index in [0.717, 1.165) is 49.0 Å². The smallest absolute Gasteiger partial charge is 0.340 e. The molecule has 3 saturated heterocycles. The van der Waals surface area contributed by atoms with Crippen molar-refractivity contribution in [3.63, 3.8) is 0 Å². The van der Waals surface area contributed by atoms with E-state index in [1.54, 1.807) is 9.80 Å². The number of alkyl halides is 1. The van der Waals surface area contributed by atoms with Crippen LogP contribution in [0.4, 0.5) is 4.39 Å². The topological polar surface area (TPSA) is 151 Å². The number of carbonyl (C=O) groups is 3. The van der Waals surface area contributed by atoms with E-state index in [-0.39, 0.29) is 40.1 Å². The van der Waals surface area contributed by atoms with Crippen molar-refractivity contribution in [2.75, 3.05) is 13.1 Å². The quantitative estimate of drug-likeness (QED) is 0.305. The van der Waals surface area contributed by atoms with Gasteiger partial charge in [0.1, 0.15) is 12.1 Å². The molecule has 10 nitrogen and oxygen atoms in total. The Morgan fingerprint density at radius 1 is 1.02 bits per heavy atom. The van der Waals surface area contributed by atoms with E-state index in [1.165, 1.54) is 24.3 Å². The molecule has 3 aliphatic rings. The first-order valence-corrected chi connectivity index (χ1v) is 18.1. The van der Waals surface area contributed by atoms with Crippen LogP contribution in [0.2, 0.25) is 0 Å². The lowest BCUT2D eigenvalue weighted by molar-refractivity contribution is -0.152. The van der Waals surface area contributed by atoms with Crippen molar-refractivity contribution in [1.29, 1.82) is 5.26 Å². The summed E-state index contributed by atoms with van der Waals surface area (Å²) in [5.74, 6) is -3.82. The molecule has 3 N–H and O–H groups in total. The molecule has 1 unspecified atom stereocenters. The van der Waals surface area contributed by atoms with Crippen LogP contribution in [0.1, 0.15) is 77.6 Å². The van der Waals surface area contributed by atoms with Gasteiger partial charge in [-0.25, -0.2) is 4.39 Å². The monoisotopic (exact) mass is 666 g/mol.